The maximum atomic E-state index is 12.5. The number of sulfonamides is 1. The van der Waals surface area contributed by atoms with Crippen LogP contribution in [0.2, 0.25) is 0 Å². The lowest BCUT2D eigenvalue weighted by Crippen LogP contribution is -2.40. The van der Waals surface area contributed by atoms with Gasteiger partial charge in [0.1, 0.15) is 0 Å². The Labute approximate surface area is 150 Å². The standard InChI is InChI=1S/C14H19BrN2O4S.ClH/c1-21-14(18)9-2-7-13(12(15)8-9)22(19,20)17-11-5-3-10(16)4-6-11;/h2,7-8,10-11,17H,3-6,16H2,1H3;1H. The summed E-state index contributed by atoms with van der Waals surface area (Å²) >= 11 is 3.21. The number of ether oxygens (including phenoxy) is 1. The largest absolute Gasteiger partial charge is 0.465 e. The van der Waals surface area contributed by atoms with Gasteiger partial charge in [0.05, 0.1) is 17.6 Å². The van der Waals surface area contributed by atoms with Crippen molar-refractivity contribution in [3.63, 3.8) is 0 Å². The molecule has 1 aromatic carbocycles. The summed E-state index contributed by atoms with van der Waals surface area (Å²) in [4.78, 5) is 11.6. The molecule has 0 aromatic heterocycles. The number of benzene rings is 1. The number of nitrogens with one attached hydrogen (secondary N) is 1. The summed E-state index contributed by atoms with van der Waals surface area (Å²) in [5.74, 6) is -0.515. The minimum atomic E-state index is -3.65. The van der Waals surface area contributed by atoms with Crippen LogP contribution in [0.25, 0.3) is 0 Å². The Morgan fingerprint density at radius 3 is 2.43 bits per heavy atom. The zero-order chi connectivity index (χ0) is 16.3. The van der Waals surface area contributed by atoms with Crippen LogP contribution in [0.15, 0.2) is 27.6 Å². The predicted octanol–water partition coefficient (Wildman–Crippen LogP) is 2.21. The summed E-state index contributed by atoms with van der Waals surface area (Å²) in [7, 11) is -2.37. The quantitative estimate of drug-likeness (QED) is 0.718. The van der Waals surface area contributed by atoms with E-state index in [0.717, 1.165) is 25.7 Å². The van der Waals surface area contributed by atoms with Gasteiger partial charge in [0.25, 0.3) is 0 Å². The molecule has 3 N–H and O–H groups in total. The van der Waals surface area contributed by atoms with E-state index in [1.54, 1.807) is 0 Å². The van der Waals surface area contributed by atoms with Crippen LogP contribution < -0.4 is 10.5 Å². The molecule has 1 aromatic rings. The topological polar surface area (TPSA) is 98.5 Å². The van der Waals surface area contributed by atoms with Crippen LogP contribution >= 0.6 is 28.3 Å². The number of methoxy groups -OCH3 is 1. The van der Waals surface area contributed by atoms with Crippen molar-refractivity contribution in [2.45, 2.75) is 42.7 Å². The molecule has 0 aliphatic heterocycles. The maximum Gasteiger partial charge on any atom is 0.337 e. The van der Waals surface area contributed by atoms with Crippen molar-refractivity contribution < 1.29 is 17.9 Å². The van der Waals surface area contributed by atoms with E-state index in [1.807, 2.05) is 0 Å². The number of hydrogen-bond donors (Lipinski definition) is 2. The Kier molecular flexibility index (Phi) is 7.47. The van der Waals surface area contributed by atoms with Gasteiger partial charge in [0.15, 0.2) is 0 Å². The molecule has 23 heavy (non-hydrogen) atoms. The van der Waals surface area contributed by atoms with Gasteiger partial charge >= 0.3 is 5.97 Å². The SMILES string of the molecule is COC(=O)c1ccc(S(=O)(=O)NC2CCC(N)CC2)c(Br)c1.Cl. The van der Waals surface area contributed by atoms with E-state index in [9.17, 15) is 13.2 Å². The molecular formula is C14H20BrClN2O4S. The highest BCUT2D eigenvalue weighted by atomic mass is 79.9. The molecule has 0 bridgehead atoms. The second kappa shape index (κ2) is 8.43. The molecule has 0 atom stereocenters. The Hall–Kier alpha value is -0.670. The lowest BCUT2D eigenvalue weighted by molar-refractivity contribution is 0.0600. The van der Waals surface area contributed by atoms with Gasteiger partial charge in [-0.1, -0.05) is 0 Å². The highest BCUT2D eigenvalue weighted by Gasteiger charge is 2.26. The second-order valence-electron chi connectivity index (χ2n) is 5.37. The van der Waals surface area contributed by atoms with Crippen molar-refractivity contribution in [3.05, 3.63) is 28.2 Å². The molecule has 0 saturated heterocycles. The fourth-order valence-electron chi connectivity index (χ4n) is 2.48. The molecule has 0 amide bonds. The summed E-state index contributed by atoms with van der Waals surface area (Å²) in [6.45, 7) is 0. The molecule has 6 nitrogen and oxygen atoms in total. The van der Waals surface area contributed by atoms with E-state index in [1.165, 1.54) is 25.3 Å². The third-order valence-electron chi connectivity index (χ3n) is 3.74. The van der Waals surface area contributed by atoms with Crippen LogP contribution in [0.3, 0.4) is 0 Å². The summed E-state index contributed by atoms with van der Waals surface area (Å²) in [5, 5.41) is 0. The minimum Gasteiger partial charge on any atom is -0.465 e. The van der Waals surface area contributed by atoms with E-state index in [2.05, 4.69) is 25.4 Å². The van der Waals surface area contributed by atoms with Crippen molar-refractivity contribution in [3.8, 4) is 0 Å². The van der Waals surface area contributed by atoms with Gasteiger partial charge in [-0.3, -0.25) is 0 Å². The molecule has 1 saturated carbocycles. The maximum absolute atomic E-state index is 12.5. The monoisotopic (exact) mass is 426 g/mol. The van der Waals surface area contributed by atoms with Crippen molar-refractivity contribution in [2.24, 2.45) is 5.73 Å². The van der Waals surface area contributed by atoms with Gasteiger partial charge in [-0.25, -0.2) is 17.9 Å². The van der Waals surface area contributed by atoms with E-state index in [0.29, 0.717) is 4.47 Å². The van der Waals surface area contributed by atoms with Gasteiger partial charge in [-0.15, -0.1) is 12.4 Å². The lowest BCUT2D eigenvalue weighted by atomic mass is 9.93. The number of carbonyl (C=O) groups is 1. The Bertz CT molecular complexity index is 661. The van der Waals surface area contributed by atoms with Gasteiger partial charge in [0.2, 0.25) is 10.0 Å². The number of nitrogens with two attached hydrogens (primary N) is 1. The number of hydrogen-bond acceptors (Lipinski definition) is 5. The van der Waals surface area contributed by atoms with Crippen molar-refractivity contribution in [1.29, 1.82) is 0 Å². The van der Waals surface area contributed by atoms with Crippen LogP contribution in [0.4, 0.5) is 0 Å². The van der Waals surface area contributed by atoms with Crippen LogP contribution in [0.5, 0.6) is 0 Å². The zero-order valence-corrected chi connectivity index (χ0v) is 15.8. The van der Waals surface area contributed by atoms with Gasteiger partial charge < -0.3 is 10.5 Å². The molecular weight excluding hydrogens is 408 g/mol. The van der Waals surface area contributed by atoms with Crippen molar-refractivity contribution >= 4 is 44.3 Å². The Balaban J connectivity index is 0.00000264. The number of halogens is 2. The number of esters is 1. The number of rotatable bonds is 4. The first-order valence-electron chi connectivity index (χ1n) is 6.99. The van der Waals surface area contributed by atoms with Crippen molar-refractivity contribution in [2.75, 3.05) is 7.11 Å². The number of carbonyl (C=O) groups excluding carboxylic acids is 1. The van der Waals surface area contributed by atoms with E-state index < -0.39 is 16.0 Å². The molecule has 0 radical (unpaired) electrons. The molecule has 1 fully saturated rings. The van der Waals surface area contributed by atoms with E-state index >= 15 is 0 Å². The lowest BCUT2D eigenvalue weighted by Gasteiger charge is -2.26. The molecule has 0 heterocycles. The van der Waals surface area contributed by atoms with Crippen LogP contribution in [0.1, 0.15) is 36.0 Å². The first-order valence-corrected chi connectivity index (χ1v) is 9.27. The minimum absolute atomic E-state index is 0. The summed E-state index contributed by atoms with van der Waals surface area (Å²) < 4.78 is 32.6. The van der Waals surface area contributed by atoms with Gasteiger partial charge in [0, 0.05) is 16.6 Å². The Morgan fingerprint density at radius 2 is 1.91 bits per heavy atom. The summed E-state index contributed by atoms with van der Waals surface area (Å²) in [6, 6.07) is 4.33. The molecule has 0 spiro atoms. The van der Waals surface area contributed by atoms with Crippen LogP contribution in [-0.2, 0) is 14.8 Å². The third kappa shape index (κ3) is 5.15. The molecule has 0 unspecified atom stereocenters. The molecule has 2 rings (SSSR count). The average molecular weight is 428 g/mol. The first-order chi connectivity index (χ1) is 10.3. The Morgan fingerprint density at radius 1 is 1.30 bits per heavy atom. The molecule has 1 aliphatic rings. The van der Waals surface area contributed by atoms with Gasteiger partial charge in [-0.05, 0) is 59.8 Å². The molecule has 130 valence electrons. The normalized spacial score (nSPS) is 21.3. The fraction of sp³-hybridized carbons (Fsp3) is 0.500. The average Bonchev–Trinajstić information content (AvgIpc) is 2.48. The van der Waals surface area contributed by atoms with Gasteiger partial charge in [-0.2, -0.15) is 0 Å². The highest BCUT2D eigenvalue weighted by molar-refractivity contribution is 9.10. The predicted molar refractivity (Wildman–Crippen MR) is 93.3 cm³/mol. The molecule has 9 heteroatoms. The smallest absolute Gasteiger partial charge is 0.337 e. The van der Waals surface area contributed by atoms with Crippen LogP contribution in [0, 0.1) is 0 Å². The van der Waals surface area contributed by atoms with Crippen LogP contribution in [-0.4, -0.2) is 33.6 Å². The summed E-state index contributed by atoms with van der Waals surface area (Å²) in [5.41, 5.74) is 6.11. The third-order valence-corrected chi connectivity index (χ3v) is 6.23. The van der Waals surface area contributed by atoms with E-state index in [4.69, 9.17) is 5.73 Å². The second-order valence-corrected chi connectivity index (χ2v) is 7.91. The summed E-state index contributed by atoms with van der Waals surface area (Å²) in [6.07, 6.45) is 3.10. The first kappa shape index (κ1) is 20.4. The highest BCUT2D eigenvalue weighted by Crippen LogP contribution is 2.25. The zero-order valence-electron chi connectivity index (χ0n) is 12.6. The van der Waals surface area contributed by atoms with E-state index in [-0.39, 0.29) is 34.9 Å². The van der Waals surface area contributed by atoms with Crippen molar-refractivity contribution in [1.82, 2.24) is 4.72 Å². The fourth-order valence-corrected chi connectivity index (χ4v) is 4.87. The molecule has 1 aliphatic carbocycles.